The molecule has 2 heteroatoms. The average Bonchev–Trinajstić information content (AvgIpc) is 2.25. The zero-order valence-electron chi connectivity index (χ0n) is 13.1. The Morgan fingerprint density at radius 3 is 1.78 bits per heavy atom. The van der Waals surface area contributed by atoms with Crippen LogP contribution in [0.25, 0.3) is 0 Å². The van der Waals surface area contributed by atoms with E-state index in [9.17, 15) is 5.11 Å². The van der Waals surface area contributed by atoms with Crippen LogP contribution in [0.15, 0.2) is 0 Å². The van der Waals surface area contributed by atoms with Gasteiger partial charge in [-0.05, 0) is 27.2 Å². The number of hydrogen-bond acceptors (Lipinski definition) is 2. The fourth-order valence-corrected chi connectivity index (χ4v) is 2.52. The van der Waals surface area contributed by atoms with Gasteiger partial charge in [-0.15, -0.1) is 0 Å². The molecule has 0 aromatic carbocycles. The molecule has 2 nitrogen and oxygen atoms in total. The Labute approximate surface area is 115 Å². The summed E-state index contributed by atoms with van der Waals surface area (Å²) >= 11 is 0. The molecule has 0 amide bonds. The minimum atomic E-state index is -0.404. The standard InChI is InChI=1S/C16H35NO/c1-5-6-7-8-9-10-11-12-13-14-16(3,4)17-15(2)18/h15,17-18H,5-14H2,1-4H3. The quantitative estimate of drug-likeness (QED) is 0.395. The van der Waals surface area contributed by atoms with Crippen molar-refractivity contribution in [2.75, 3.05) is 0 Å². The minimum Gasteiger partial charge on any atom is -0.379 e. The highest BCUT2D eigenvalue weighted by Gasteiger charge is 2.17. The first-order valence-electron chi connectivity index (χ1n) is 7.93. The Morgan fingerprint density at radius 1 is 0.889 bits per heavy atom. The van der Waals surface area contributed by atoms with E-state index in [0.29, 0.717) is 0 Å². The van der Waals surface area contributed by atoms with Crippen LogP contribution in [0, 0.1) is 0 Å². The molecule has 0 aliphatic rings. The van der Waals surface area contributed by atoms with Gasteiger partial charge in [0.2, 0.25) is 0 Å². The fraction of sp³-hybridized carbons (Fsp3) is 1.00. The maximum atomic E-state index is 9.32. The van der Waals surface area contributed by atoms with Crippen LogP contribution in [-0.4, -0.2) is 16.9 Å². The average molecular weight is 257 g/mol. The van der Waals surface area contributed by atoms with Crippen molar-refractivity contribution in [1.29, 1.82) is 0 Å². The second kappa shape index (κ2) is 10.8. The Hall–Kier alpha value is -0.0800. The Kier molecular flexibility index (Phi) is 10.8. The second-order valence-electron chi connectivity index (χ2n) is 6.28. The minimum absolute atomic E-state index is 0.0648. The van der Waals surface area contributed by atoms with Gasteiger partial charge < -0.3 is 5.11 Å². The third-order valence-corrected chi connectivity index (χ3v) is 3.50. The van der Waals surface area contributed by atoms with E-state index in [-0.39, 0.29) is 5.54 Å². The first-order chi connectivity index (χ1) is 8.48. The van der Waals surface area contributed by atoms with Crippen LogP contribution >= 0.6 is 0 Å². The number of unbranched alkanes of at least 4 members (excludes halogenated alkanes) is 8. The van der Waals surface area contributed by atoms with Crippen LogP contribution in [-0.2, 0) is 0 Å². The molecule has 110 valence electrons. The summed E-state index contributed by atoms with van der Waals surface area (Å²) in [5, 5.41) is 12.5. The number of aliphatic hydroxyl groups is 1. The van der Waals surface area contributed by atoms with E-state index in [1.54, 1.807) is 6.92 Å². The van der Waals surface area contributed by atoms with Gasteiger partial charge in [-0.1, -0.05) is 64.7 Å². The first-order valence-corrected chi connectivity index (χ1v) is 7.93. The van der Waals surface area contributed by atoms with Crippen LogP contribution in [0.5, 0.6) is 0 Å². The highest BCUT2D eigenvalue weighted by molar-refractivity contribution is 4.77. The molecule has 0 saturated carbocycles. The lowest BCUT2D eigenvalue weighted by molar-refractivity contribution is 0.113. The van der Waals surface area contributed by atoms with Crippen LogP contribution < -0.4 is 5.32 Å². The molecule has 1 unspecified atom stereocenters. The van der Waals surface area contributed by atoms with E-state index in [0.717, 1.165) is 6.42 Å². The predicted molar refractivity (Wildman–Crippen MR) is 80.7 cm³/mol. The lowest BCUT2D eigenvalue weighted by Gasteiger charge is -2.28. The Balaban J connectivity index is 3.29. The van der Waals surface area contributed by atoms with Crippen LogP contribution in [0.3, 0.4) is 0 Å². The van der Waals surface area contributed by atoms with Crippen molar-refractivity contribution in [1.82, 2.24) is 5.32 Å². The zero-order valence-corrected chi connectivity index (χ0v) is 13.1. The highest BCUT2D eigenvalue weighted by Crippen LogP contribution is 2.16. The largest absolute Gasteiger partial charge is 0.379 e. The predicted octanol–water partition coefficient (Wildman–Crippen LogP) is 4.61. The van der Waals surface area contributed by atoms with E-state index < -0.39 is 6.23 Å². The molecule has 0 rings (SSSR count). The van der Waals surface area contributed by atoms with Gasteiger partial charge in [-0.3, -0.25) is 5.32 Å². The lowest BCUT2D eigenvalue weighted by Crippen LogP contribution is -2.44. The van der Waals surface area contributed by atoms with E-state index in [1.807, 2.05) is 0 Å². The Bertz CT molecular complexity index is 178. The zero-order chi connectivity index (χ0) is 13.9. The van der Waals surface area contributed by atoms with Crippen molar-refractivity contribution >= 4 is 0 Å². The van der Waals surface area contributed by atoms with Crippen molar-refractivity contribution < 1.29 is 5.11 Å². The van der Waals surface area contributed by atoms with Gasteiger partial charge in [0.15, 0.2) is 0 Å². The van der Waals surface area contributed by atoms with Crippen LogP contribution in [0.4, 0.5) is 0 Å². The van der Waals surface area contributed by atoms with Crippen molar-refractivity contribution in [3.63, 3.8) is 0 Å². The summed E-state index contributed by atoms with van der Waals surface area (Å²) in [6.45, 7) is 8.40. The molecule has 18 heavy (non-hydrogen) atoms. The number of rotatable bonds is 12. The van der Waals surface area contributed by atoms with Crippen LogP contribution in [0.2, 0.25) is 0 Å². The van der Waals surface area contributed by atoms with Gasteiger partial charge in [-0.2, -0.15) is 0 Å². The van der Waals surface area contributed by atoms with E-state index in [4.69, 9.17) is 0 Å². The van der Waals surface area contributed by atoms with Gasteiger partial charge >= 0.3 is 0 Å². The van der Waals surface area contributed by atoms with Gasteiger partial charge in [0.05, 0.1) is 0 Å². The molecule has 0 spiro atoms. The molecule has 0 radical (unpaired) electrons. The first kappa shape index (κ1) is 17.9. The molecule has 2 N–H and O–H groups in total. The second-order valence-corrected chi connectivity index (χ2v) is 6.28. The normalized spacial score (nSPS) is 13.8. The summed E-state index contributed by atoms with van der Waals surface area (Å²) in [6, 6.07) is 0. The van der Waals surface area contributed by atoms with E-state index in [1.165, 1.54) is 57.8 Å². The van der Waals surface area contributed by atoms with Gasteiger partial charge in [0, 0.05) is 5.54 Å². The number of hydrogen-bond donors (Lipinski definition) is 2. The summed E-state index contributed by atoms with van der Waals surface area (Å²) in [4.78, 5) is 0. The molecule has 0 aromatic rings. The molecule has 0 aliphatic heterocycles. The van der Waals surface area contributed by atoms with Crippen molar-refractivity contribution in [3.05, 3.63) is 0 Å². The fourth-order valence-electron chi connectivity index (χ4n) is 2.52. The van der Waals surface area contributed by atoms with E-state index in [2.05, 4.69) is 26.1 Å². The Morgan fingerprint density at radius 2 is 1.33 bits per heavy atom. The maximum Gasteiger partial charge on any atom is 0.102 e. The summed E-state index contributed by atoms with van der Waals surface area (Å²) in [5.74, 6) is 0. The molecule has 0 aliphatic carbocycles. The third-order valence-electron chi connectivity index (χ3n) is 3.50. The summed E-state index contributed by atoms with van der Waals surface area (Å²) in [7, 11) is 0. The van der Waals surface area contributed by atoms with Crippen molar-refractivity contribution in [2.24, 2.45) is 0 Å². The highest BCUT2D eigenvalue weighted by atomic mass is 16.3. The molecular weight excluding hydrogens is 222 g/mol. The van der Waals surface area contributed by atoms with Gasteiger partial charge in [0.1, 0.15) is 6.23 Å². The maximum absolute atomic E-state index is 9.32. The van der Waals surface area contributed by atoms with Crippen molar-refractivity contribution in [3.8, 4) is 0 Å². The lowest BCUT2D eigenvalue weighted by atomic mass is 9.95. The molecule has 0 heterocycles. The summed E-state index contributed by atoms with van der Waals surface area (Å²) in [6.07, 6.45) is 13.1. The van der Waals surface area contributed by atoms with E-state index >= 15 is 0 Å². The molecular formula is C16H35NO. The molecule has 1 atom stereocenters. The molecule has 0 saturated heterocycles. The summed E-state index contributed by atoms with van der Waals surface area (Å²) in [5.41, 5.74) is 0.0648. The molecule has 0 fully saturated rings. The number of aliphatic hydroxyl groups excluding tert-OH is 1. The topological polar surface area (TPSA) is 32.3 Å². The SMILES string of the molecule is CCCCCCCCCCCC(C)(C)NC(C)O. The third kappa shape index (κ3) is 12.4. The van der Waals surface area contributed by atoms with Gasteiger partial charge in [-0.25, -0.2) is 0 Å². The monoisotopic (exact) mass is 257 g/mol. The molecule has 0 aromatic heterocycles. The summed E-state index contributed by atoms with van der Waals surface area (Å²) < 4.78 is 0. The van der Waals surface area contributed by atoms with Crippen molar-refractivity contribution in [2.45, 2.75) is 104 Å². The smallest absolute Gasteiger partial charge is 0.102 e. The van der Waals surface area contributed by atoms with Gasteiger partial charge in [0.25, 0.3) is 0 Å². The molecule has 0 bridgehead atoms. The van der Waals surface area contributed by atoms with Crippen LogP contribution in [0.1, 0.15) is 91.9 Å². The number of nitrogens with one attached hydrogen (secondary N) is 1.